The molecule has 1 aliphatic rings. The summed E-state index contributed by atoms with van der Waals surface area (Å²) >= 11 is 0. The molecule has 1 unspecified atom stereocenters. The van der Waals surface area contributed by atoms with E-state index in [0.29, 0.717) is 12.1 Å². The van der Waals surface area contributed by atoms with Crippen molar-refractivity contribution in [2.75, 3.05) is 13.2 Å². The molecule has 180 valence electrons. The Morgan fingerprint density at radius 2 is 1.79 bits per heavy atom. The van der Waals surface area contributed by atoms with E-state index in [4.69, 9.17) is 11.5 Å². The number of hydrogen-bond donors (Lipinski definition) is 3. The molecule has 0 saturated carbocycles. The molecule has 2 heterocycles. The molecule has 0 bridgehead atoms. The molecule has 2 amide bonds. The van der Waals surface area contributed by atoms with Gasteiger partial charge in [-0.15, -0.1) is 0 Å². The highest BCUT2D eigenvalue weighted by Gasteiger charge is 2.41. The fourth-order valence-corrected chi connectivity index (χ4v) is 3.58. The molecule has 0 fully saturated rings. The predicted molar refractivity (Wildman–Crippen MR) is 102 cm³/mol. The zero-order chi connectivity index (χ0) is 24.5. The SMILES string of the molecule is NCNC(=O)c1nc(C(F)(F)F)n2c1CN(C(=O)CC(N)Cc1cc(F)c(F)cc1F)CC2. The van der Waals surface area contributed by atoms with Gasteiger partial charge in [0.15, 0.2) is 17.3 Å². The third-order valence-corrected chi connectivity index (χ3v) is 5.10. The summed E-state index contributed by atoms with van der Waals surface area (Å²) in [6.07, 6.45) is -5.44. The van der Waals surface area contributed by atoms with Crippen LogP contribution in [-0.2, 0) is 30.5 Å². The first-order valence-corrected chi connectivity index (χ1v) is 9.74. The second-order valence-electron chi connectivity index (χ2n) is 7.43. The maximum atomic E-state index is 13.8. The van der Waals surface area contributed by atoms with Crippen LogP contribution in [0, 0.1) is 17.5 Å². The summed E-state index contributed by atoms with van der Waals surface area (Å²) in [6.45, 7) is -1.06. The van der Waals surface area contributed by atoms with Gasteiger partial charge in [0.05, 0.1) is 18.9 Å². The topological polar surface area (TPSA) is 119 Å². The highest BCUT2D eigenvalue weighted by Crippen LogP contribution is 2.32. The summed E-state index contributed by atoms with van der Waals surface area (Å²) in [5.74, 6) is -6.41. The molecule has 1 aromatic carbocycles. The average molecular weight is 478 g/mol. The summed E-state index contributed by atoms with van der Waals surface area (Å²) in [5, 5.41) is 2.17. The number of amides is 2. The Morgan fingerprint density at radius 1 is 1.12 bits per heavy atom. The van der Waals surface area contributed by atoms with Gasteiger partial charge < -0.3 is 26.3 Å². The first kappa shape index (κ1) is 24.5. The number of aromatic nitrogens is 2. The smallest absolute Gasteiger partial charge is 0.338 e. The van der Waals surface area contributed by atoms with Gasteiger partial charge in [0.1, 0.15) is 5.82 Å². The van der Waals surface area contributed by atoms with E-state index >= 15 is 0 Å². The van der Waals surface area contributed by atoms with E-state index in [1.807, 2.05) is 0 Å². The monoisotopic (exact) mass is 478 g/mol. The van der Waals surface area contributed by atoms with Crippen LogP contribution < -0.4 is 16.8 Å². The van der Waals surface area contributed by atoms with Gasteiger partial charge in [0.25, 0.3) is 5.91 Å². The van der Waals surface area contributed by atoms with Crippen molar-refractivity contribution < 1.29 is 35.9 Å². The Kier molecular flexibility index (Phi) is 6.97. The van der Waals surface area contributed by atoms with Gasteiger partial charge in [0.2, 0.25) is 11.7 Å². The molecule has 3 rings (SSSR count). The number of fused-ring (bicyclic) bond motifs is 1. The molecular weight excluding hydrogens is 458 g/mol. The van der Waals surface area contributed by atoms with E-state index < -0.39 is 53.0 Å². The number of nitrogens with one attached hydrogen (secondary N) is 1. The van der Waals surface area contributed by atoms with Crippen LogP contribution in [0.5, 0.6) is 0 Å². The lowest BCUT2D eigenvalue weighted by atomic mass is 10.0. The summed E-state index contributed by atoms with van der Waals surface area (Å²) < 4.78 is 81.1. The quantitative estimate of drug-likeness (QED) is 0.328. The normalized spacial score (nSPS) is 14.7. The van der Waals surface area contributed by atoms with Crippen molar-refractivity contribution in [2.45, 2.75) is 38.1 Å². The van der Waals surface area contributed by atoms with E-state index in [-0.39, 0.29) is 50.4 Å². The number of benzene rings is 1. The van der Waals surface area contributed by atoms with Crippen LogP contribution in [0.15, 0.2) is 12.1 Å². The first-order chi connectivity index (χ1) is 15.4. The van der Waals surface area contributed by atoms with Crippen molar-refractivity contribution in [1.29, 1.82) is 0 Å². The fourth-order valence-electron chi connectivity index (χ4n) is 3.58. The summed E-state index contributed by atoms with van der Waals surface area (Å²) in [4.78, 5) is 29.4. The highest BCUT2D eigenvalue weighted by molar-refractivity contribution is 5.93. The second-order valence-corrected chi connectivity index (χ2v) is 7.43. The van der Waals surface area contributed by atoms with Crippen LogP contribution in [0.3, 0.4) is 0 Å². The Labute approximate surface area is 183 Å². The Bertz CT molecular complexity index is 1070. The predicted octanol–water partition coefficient (Wildman–Crippen LogP) is 1.27. The minimum absolute atomic E-state index is 0.116. The Balaban J connectivity index is 1.76. The zero-order valence-electron chi connectivity index (χ0n) is 17.1. The van der Waals surface area contributed by atoms with Gasteiger partial charge in [-0.05, 0) is 18.1 Å². The van der Waals surface area contributed by atoms with Gasteiger partial charge in [-0.25, -0.2) is 18.2 Å². The number of alkyl halides is 3. The van der Waals surface area contributed by atoms with E-state index in [0.717, 1.165) is 4.57 Å². The van der Waals surface area contributed by atoms with E-state index in [1.54, 1.807) is 0 Å². The van der Waals surface area contributed by atoms with Gasteiger partial charge in [-0.3, -0.25) is 9.59 Å². The van der Waals surface area contributed by atoms with Crippen molar-refractivity contribution in [2.24, 2.45) is 11.5 Å². The molecule has 2 aromatic rings. The molecule has 33 heavy (non-hydrogen) atoms. The van der Waals surface area contributed by atoms with Crippen molar-refractivity contribution in [3.63, 3.8) is 0 Å². The van der Waals surface area contributed by atoms with Crippen LogP contribution in [0.1, 0.15) is 34.0 Å². The number of imidazole rings is 1. The van der Waals surface area contributed by atoms with E-state index in [1.165, 1.54) is 4.90 Å². The van der Waals surface area contributed by atoms with Crippen molar-refractivity contribution in [3.8, 4) is 0 Å². The minimum atomic E-state index is -4.82. The maximum absolute atomic E-state index is 13.8. The standard InChI is InChI=1S/C19H20F6N6O2/c20-11-6-13(22)12(21)4-9(11)3-10(27)5-15(32)30-1-2-31-14(7-30)16(17(33)28-8-26)29-18(31)19(23,24)25/h4,6,10H,1-3,5,7-8,26-27H2,(H,28,33). The molecule has 0 aliphatic carbocycles. The largest absolute Gasteiger partial charge is 0.449 e. The molecule has 0 spiro atoms. The number of rotatable bonds is 6. The van der Waals surface area contributed by atoms with Crippen LogP contribution in [0.25, 0.3) is 0 Å². The highest BCUT2D eigenvalue weighted by atomic mass is 19.4. The second kappa shape index (κ2) is 9.39. The fraction of sp³-hybridized carbons (Fsp3) is 0.421. The summed E-state index contributed by atoms with van der Waals surface area (Å²) in [5.41, 5.74) is 10.2. The van der Waals surface area contributed by atoms with Gasteiger partial charge in [-0.2, -0.15) is 13.2 Å². The maximum Gasteiger partial charge on any atom is 0.449 e. The third kappa shape index (κ3) is 5.27. The van der Waals surface area contributed by atoms with Crippen LogP contribution in [-0.4, -0.2) is 45.5 Å². The number of nitrogens with zero attached hydrogens (tertiary/aromatic N) is 3. The number of carbonyl (C=O) groups is 2. The lowest BCUT2D eigenvalue weighted by molar-refractivity contribution is -0.148. The lowest BCUT2D eigenvalue weighted by Crippen LogP contribution is -2.42. The van der Waals surface area contributed by atoms with Gasteiger partial charge in [-0.1, -0.05) is 0 Å². The average Bonchev–Trinajstić information content (AvgIpc) is 3.11. The van der Waals surface area contributed by atoms with Crippen LogP contribution in [0.2, 0.25) is 0 Å². The van der Waals surface area contributed by atoms with Crippen molar-refractivity contribution >= 4 is 11.8 Å². The molecular formula is C19H20F6N6O2. The van der Waals surface area contributed by atoms with Crippen molar-refractivity contribution in [1.82, 2.24) is 19.8 Å². The van der Waals surface area contributed by atoms with E-state index in [2.05, 4.69) is 10.3 Å². The van der Waals surface area contributed by atoms with Crippen LogP contribution >= 0.6 is 0 Å². The first-order valence-electron chi connectivity index (χ1n) is 9.74. The molecule has 1 aliphatic heterocycles. The minimum Gasteiger partial charge on any atom is -0.338 e. The molecule has 1 atom stereocenters. The number of nitrogens with two attached hydrogens (primary N) is 2. The summed E-state index contributed by atoms with van der Waals surface area (Å²) in [7, 11) is 0. The molecule has 0 saturated heterocycles. The van der Waals surface area contributed by atoms with Gasteiger partial charge >= 0.3 is 6.18 Å². The van der Waals surface area contributed by atoms with Crippen LogP contribution in [0.4, 0.5) is 26.3 Å². The number of halogens is 6. The Morgan fingerprint density at radius 3 is 2.42 bits per heavy atom. The van der Waals surface area contributed by atoms with Gasteiger partial charge in [0, 0.05) is 31.6 Å². The lowest BCUT2D eigenvalue weighted by Gasteiger charge is -2.30. The molecule has 14 heteroatoms. The van der Waals surface area contributed by atoms with E-state index in [9.17, 15) is 35.9 Å². The molecule has 0 radical (unpaired) electrons. The zero-order valence-corrected chi connectivity index (χ0v) is 17.1. The number of carbonyl (C=O) groups excluding carboxylic acids is 2. The third-order valence-electron chi connectivity index (χ3n) is 5.10. The summed E-state index contributed by atoms with van der Waals surface area (Å²) in [6, 6.07) is 0.0431. The number of hydrogen-bond acceptors (Lipinski definition) is 5. The molecule has 1 aromatic heterocycles. The molecule has 5 N–H and O–H groups in total. The Hall–Kier alpha value is -3.13. The molecule has 8 nitrogen and oxygen atoms in total. The van der Waals surface area contributed by atoms with Crippen molar-refractivity contribution in [3.05, 3.63) is 52.4 Å².